The number of nitrogens with zero attached hydrogens (tertiary/aromatic N) is 1. The van der Waals surface area contributed by atoms with Gasteiger partial charge in [-0.05, 0) is 75.6 Å². The molecule has 0 saturated heterocycles. The van der Waals surface area contributed by atoms with Crippen molar-refractivity contribution in [2.24, 2.45) is 0 Å². The fraction of sp³-hybridized carbons (Fsp3) is 0.269. The number of halogens is 3. The van der Waals surface area contributed by atoms with Crippen LogP contribution in [0.5, 0.6) is 0 Å². The normalized spacial score (nSPS) is 17.6. The Morgan fingerprint density at radius 1 is 1.30 bits per heavy atom. The molecule has 0 bridgehead atoms. The van der Waals surface area contributed by atoms with E-state index in [0.717, 1.165) is 21.8 Å². The van der Waals surface area contributed by atoms with Crippen LogP contribution in [-0.4, -0.2) is 18.1 Å². The van der Waals surface area contributed by atoms with Crippen molar-refractivity contribution < 1.29 is 18.0 Å². The molecule has 1 unspecified atom stereocenters. The first-order chi connectivity index (χ1) is 15.6. The smallest absolute Gasteiger partial charge is 0.345 e. The number of thioether (sulfide) groups is 1. The first kappa shape index (κ1) is 24.4. The summed E-state index contributed by atoms with van der Waals surface area (Å²) < 4.78 is 40.7. The van der Waals surface area contributed by atoms with E-state index in [1.807, 2.05) is 26.0 Å². The highest BCUT2D eigenvalue weighted by Crippen LogP contribution is 2.42. The average molecular weight is 469 g/mol. The number of rotatable bonds is 4. The lowest BCUT2D eigenvalue weighted by Crippen LogP contribution is -2.33. The minimum absolute atomic E-state index is 0.0432. The Bertz CT molecular complexity index is 1200. The molecule has 1 aliphatic carbocycles. The maximum atomic E-state index is 13.6. The number of carbonyl (C=O) groups excluding carboxylic acids is 1. The molecule has 7 heteroatoms. The number of hydrogen-bond acceptors (Lipinski definition) is 3. The molecule has 3 nitrogen and oxygen atoms in total. The van der Waals surface area contributed by atoms with Gasteiger partial charge in [-0.2, -0.15) is 18.4 Å². The van der Waals surface area contributed by atoms with Crippen molar-refractivity contribution in [1.82, 2.24) is 5.32 Å². The SMILES string of the molecule is CC1=C=CC=C(C2=C(C)CCC=C(C(C)NC(=O)c3cccc(C#N)c3)S2)C=C1C(F)(F)F. The van der Waals surface area contributed by atoms with Crippen molar-refractivity contribution in [3.8, 4) is 6.07 Å². The molecule has 1 atom stereocenters. The summed E-state index contributed by atoms with van der Waals surface area (Å²) in [4.78, 5) is 14.3. The third-order valence-corrected chi connectivity index (χ3v) is 6.88. The zero-order valence-electron chi connectivity index (χ0n) is 18.5. The highest BCUT2D eigenvalue weighted by atomic mass is 32.2. The molecule has 2 aliphatic rings. The Hall–Kier alpha value is -3.20. The van der Waals surface area contributed by atoms with E-state index in [1.54, 1.807) is 24.3 Å². The van der Waals surface area contributed by atoms with Gasteiger partial charge in [-0.25, -0.2) is 0 Å². The molecule has 1 aliphatic heterocycles. The summed E-state index contributed by atoms with van der Waals surface area (Å²) in [7, 11) is 0. The standard InChI is InChI=1S/C26H23F3N2OS/c1-16-7-4-10-20(14-22(16)26(27,28)29)24-17(2)8-5-12-23(33-24)18(3)31-25(32)21-11-6-9-19(13-21)15-30/h4,6,9-14,18H,5,8H2,1-3H3,(H,31,32). The largest absolute Gasteiger partial charge is 0.417 e. The van der Waals surface area contributed by atoms with E-state index in [4.69, 9.17) is 5.26 Å². The molecule has 1 aromatic rings. The van der Waals surface area contributed by atoms with E-state index in [1.165, 1.54) is 36.9 Å². The molecular weight excluding hydrogens is 445 g/mol. The molecule has 3 rings (SSSR count). The van der Waals surface area contributed by atoms with Gasteiger partial charge < -0.3 is 5.32 Å². The second-order valence-corrected chi connectivity index (χ2v) is 8.94. The van der Waals surface area contributed by atoms with Gasteiger partial charge in [0.05, 0.1) is 23.2 Å². The van der Waals surface area contributed by atoms with Crippen molar-refractivity contribution in [3.05, 3.63) is 97.5 Å². The van der Waals surface area contributed by atoms with E-state index in [2.05, 4.69) is 11.0 Å². The zero-order valence-corrected chi connectivity index (χ0v) is 19.3. The lowest BCUT2D eigenvalue weighted by Gasteiger charge is -2.20. The monoisotopic (exact) mass is 468 g/mol. The van der Waals surface area contributed by atoms with Gasteiger partial charge >= 0.3 is 6.18 Å². The van der Waals surface area contributed by atoms with Gasteiger partial charge in [-0.1, -0.05) is 29.5 Å². The maximum absolute atomic E-state index is 13.6. The lowest BCUT2D eigenvalue weighted by atomic mass is 10.0. The van der Waals surface area contributed by atoms with E-state index in [0.29, 0.717) is 23.1 Å². The van der Waals surface area contributed by atoms with Crippen LogP contribution in [0.1, 0.15) is 49.5 Å². The molecule has 33 heavy (non-hydrogen) atoms. The molecule has 170 valence electrons. The zero-order chi connectivity index (χ0) is 24.2. The fourth-order valence-electron chi connectivity index (χ4n) is 3.52. The topological polar surface area (TPSA) is 52.9 Å². The molecule has 1 N–H and O–H groups in total. The Morgan fingerprint density at radius 2 is 2.06 bits per heavy atom. The number of amides is 1. The van der Waals surface area contributed by atoms with Gasteiger partial charge in [-0.3, -0.25) is 4.79 Å². The number of hydrogen-bond donors (Lipinski definition) is 1. The van der Waals surface area contributed by atoms with Crippen LogP contribution in [0.4, 0.5) is 13.2 Å². The number of carbonyl (C=O) groups is 1. The van der Waals surface area contributed by atoms with Crippen molar-refractivity contribution in [1.29, 1.82) is 5.26 Å². The van der Waals surface area contributed by atoms with Crippen molar-refractivity contribution in [3.63, 3.8) is 0 Å². The summed E-state index contributed by atoms with van der Waals surface area (Å²) >= 11 is 1.38. The number of benzene rings is 1. The fourth-order valence-corrected chi connectivity index (χ4v) is 4.72. The number of allylic oxidation sites excluding steroid dienone is 7. The molecule has 0 saturated carbocycles. The second kappa shape index (κ2) is 10.2. The summed E-state index contributed by atoms with van der Waals surface area (Å²) in [5.74, 6) is -0.316. The van der Waals surface area contributed by atoms with Crippen LogP contribution in [0, 0.1) is 11.3 Å². The van der Waals surface area contributed by atoms with E-state index in [-0.39, 0.29) is 17.5 Å². The van der Waals surface area contributed by atoms with Gasteiger partial charge in [0, 0.05) is 20.9 Å². The van der Waals surface area contributed by atoms with Gasteiger partial charge in [0.2, 0.25) is 0 Å². The Balaban J connectivity index is 1.85. The maximum Gasteiger partial charge on any atom is 0.417 e. The van der Waals surface area contributed by atoms with Gasteiger partial charge in [0.1, 0.15) is 0 Å². The quantitative estimate of drug-likeness (QED) is 0.490. The van der Waals surface area contributed by atoms with Crippen LogP contribution in [0.3, 0.4) is 0 Å². The predicted octanol–water partition coefficient (Wildman–Crippen LogP) is 6.89. The lowest BCUT2D eigenvalue weighted by molar-refractivity contribution is -0.0893. The molecule has 0 radical (unpaired) electrons. The second-order valence-electron chi connectivity index (χ2n) is 7.86. The highest BCUT2D eigenvalue weighted by Gasteiger charge is 2.35. The molecule has 1 heterocycles. The van der Waals surface area contributed by atoms with Crippen LogP contribution < -0.4 is 5.32 Å². The van der Waals surface area contributed by atoms with Gasteiger partial charge in [0.25, 0.3) is 5.91 Å². The van der Waals surface area contributed by atoms with Crippen LogP contribution in [0.25, 0.3) is 0 Å². The van der Waals surface area contributed by atoms with Crippen molar-refractivity contribution >= 4 is 17.7 Å². The summed E-state index contributed by atoms with van der Waals surface area (Å²) in [6.07, 6.45) is 3.31. The predicted molar refractivity (Wildman–Crippen MR) is 125 cm³/mol. The molecule has 1 amide bonds. The molecule has 0 fully saturated rings. The summed E-state index contributed by atoms with van der Waals surface area (Å²) in [6.45, 7) is 5.16. The van der Waals surface area contributed by atoms with Crippen molar-refractivity contribution in [2.45, 2.75) is 45.8 Å². The number of nitrogens with one attached hydrogen (secondary N) is 1. The van der Waals surface area contributed by atoms with Gasteiger partial charge in [-0.15, -0.1) is 5.73 Å². The molecule has 0 aromatic heterocycles. The van der Waals surface area contributed by atoms with Gasteiger partial charge in [0.15, 0.2) is 0 Å². The Kier molecular flexibility index (Phi) is 7.53. The Labute approximate surface area is 195 Å². The first-order valence-corrected chi connectivity index (χ1v) is 11.2. The minimum Gasteiger partial charge on any atom is -0.345 e. The first-order valence-electron chi connectivity index (χ1n) is 10.4. The number of alkyl halides is 3. The molecular formula is C26H23F3N2OS. The van der Waals surface area contributed by atoms with E-state index < -0.39 is 11.7 Å². The van der Waals surface area contributed by atoms with E-state index in [9.17, 15) is 18.0 Å². The van der Waals surface area contributed by atoms with Crippen LogP contribution in [0.2, 0.25) is 0 Å². The Morgan fingerprint density at radius 3 is 2.76 bits per heavy atom. The summed E-state index contributed by atoms with van der Waals surface area (Å²) in [5, 5.41) is 12.0. The third kappa shape index (κ3) is 5.98. The minimum atomic E-state index is -4.48. The third-order valence-electron chi connectivity index (χ3n) is 5.33. The number of nitriles is 1. The van der Waals surface area contributed by atoms with Crippen LogP contribution in [0.15, 0.2) is 86.4 Å². The summed E-state index contributed by atoms with van der Waals surface area (Å²) in [6, 6.07) is 8.08. The van der Waals surface area contributed by atoms with Crippen LogP contribution >= 0.6 is 11.8 Å². The average Bonchev–Trinajstić information content (AvgIpc) is 3.09. The summed E-state index contributed by atoms with van der Waals surface area (Å²) in [5.41, 5.74) is 4.25. The highest BCUT2D eigenvalue weighted by molar-refractivity contribution is 8.07. The molecule has 0 spiro atoms. The van der Waals surface area contributed by atoms with Crippen LogP contribution in [-0.2, 0) is 0 Å². The van der Waals surface area contributed by atoms with E-state index >= 15 is 0 Å². The molecule has 1 aromatic carbocycles. The van der Waals surface area contributed by atoms with Crippen molar-refractivity contribution in [2.75, 3.05) is 0 Å².